The summed E-state index contributed by atoms with van der Waals surface area (Å²) in [5, 5.41) is 0. The number of rotatable bonds is 6. The standard InChI is InChI=1S/C22H29FN2O2/c1-16-13-17(2)27-21(16)22(26)24(3)14-18-7-6-11-25(15-18)12-10-19-8-4-5-9-20(19)23/h4-5,8-9,13,18H,6-7,10-12,14-15H2,1-3H3/t18-/m1/s1. The number of carbonyl (C=O) groups is 1. The van der Waals surface area contributed by atoms with Crippen LogP contribution in [-0.2, 0) is 6.42 Å². The van der Waals surface area contributed by atoms with Crippen molar-refractivity contribution in [3.63, 3.8) is 0 Å². The van der Waals surface area contributed by atoms with Crippen molar-refractivity contribution in [3.05, 3.63) is 58.8 Å². The van der Waals surface area contributed by atoms with Crippen LogP contribution in [0.2, 0.25) is 0 Å². The minimum atomic E-state index is -0.125. The van der Waals surface area contributed by atoms with E-state index in [9.17, 15) is 9.18 Å². The van der Waals surface area contributed by atoms with Gasteiger partial charge in [0.1, 0.15) is 11.6 Å². The van der Waals surface area contributed by atoms with Crippen LogP contribution in [0.15, 0.2) is 34.7 Å². The highest BCUT2D eigenvalue weighted by Gasteiger charge is 2.25. The summed E-state index contributed by atoms with van der Waals surface area (Å²) >= 11 is 0. The van der Waals surface area contributed by atoms with Crippen LogP contribution in [0, 0.1) is 25.6 Å². The molecule has 0 saturated carbocycles. The van der Waals surface area contributed by atoms with Crippen molar-refractivity contribution in [3.8, 4) is 0 Å². The first kappa shape index (κ1) is 19.6. The van der Waals surface area contributed by atoms with Crippen molar-refractivity contribution in [1.29, 1.82) is 0 Å². The fraction of sp³-hybridized carbons (Fsp3) is 0.500. The average molecular weight is 372 g/mol. The van der Waals surface area contributed by atoms with E-state index in [1.807, 2.05) is 39.1 Å². The molecule has 1 saturated heterocycles. The number of halogens is 1. The Labute approximate surface area is 161 Å². The highest BCUT2D eigenvalue weighted by molar-refractivity contribution is 5.92. The molecule has 0 N–H and O–H groups in total. The van der Waals surface area contributed by atoms with Crippen molar-refractivity contribution in [2.45, 2.75) is 33.1 Å². The van der Waals surface area contributed by atoms with Gasteiger partial charge in [0.25, 0.3) is 5.91 Å². The Morgan fingerprint density at radius 1 is 1.33 bits per heavy atom. The second-order valence-electron chi connectivity index (χ2n) is 7.71. The first-order chi connectivity index (χ1) is 12.9. The van der Waals surface area contributed by atoms with Crippen LogP contribution >= 0.6 is 0 Å². The molecule has 1 aromatic carbocycles. The van der Waals surface area contributed by atoms with E-state index < -0.39 is 0 Å². The monoisotopic (exact) mass is 372 g/mol. The molecule has 4 nitrogen and oxygen atoms in total. The number of nitrogens with zero attached hydrogens (tertiary/aromatic N) is 2. The first-order valence-electron chi connectivity index (χ1n) is 9.72. The van der Waals surface area contributed by atoms with Gasteiger partial charge in [-0.2, -0.15) is 0 Å². The van der Waals surface area contributed by atoms with E-state index in [1.165, 1.54) is 6.07 Å². The van der Waals surface area contributed by atoms with Gasteiger partial charge in [0.15, 0.2) is 5.76 Å². The number of benzene rings is 1. The number of likely N-dealkylation sites (tertiary alicyclic amines) is 1. The van der Waals surface area contributed by atoms with Crippen LogP contribution in [0.3, 0.4) is 0 Å². The molecule has 1 aliphatic heterocycles. The predicted octanol–water partition coefficient (Wildman–Crippen LogP) is 4.06. The van der Waals surface area contributed by atoms with Crippen LogP contribution < -0.4 is 0 Å². The maximum Gasteiger partial charge on any atom is 0.289 e. The first-order valence-corrected chi connectivity index (χ1v) is 9.72. The van der Waals surface area contributed by atoms with Crippen LogP contribution in [0.1, 0.15) is 40.3 Å². The third-order valence-corrected chi connectivity index (χ3v) is 5.37. The number of furan rings is 1. The van der Waals surface area contributed by atoms with Crippen LogP contribution in [-0.4, -0.2) is 48.9 Å². The molecule has 2 heterocycles. The molecule has 146 valence electrons. The maximum absolute atomic E-state index is 13.8. The normalized spacial score (nSPS) is 17.9. The summed E-state index contributed by atoms with van der Waals surface area (Å²) in [5.74, 6) is 1.47. The Kier molecular flexibility index (Phi) is 6.32. The zero-order valence-electron chi connectivity index (χ0n) is 16.5. The molecule has 5 heteroatoms. The summed E-state index contributed by atoms with van der Waals surface area (Å²) in [5.41, 5.74) is 1.66. The molecule has 1 amide bonds. The van der Waals surface area contributed by atoms with Gasteiger partial charge in [0, 0.05) is 32.2 Å². The summed E-state index contributed by atoms with van der Waals surface area (Å²) in [6.45, 7) is 7.32. The maximum atomic E-state index is 13.8. The number of hydrogen-bond acceptors (Lipinski definition) is 3. The Hall–Kier alpha value is -2.14. The SMILES string of the molecule is Cc1cc(C)c(C(=O)N(C)C[C@H]2CCCN(CCc3ccccc3F)C2)o1. The third kappa shape index (κ3) is 4.98. The van der Waals surface area contributed by atoms with Gasteiger partial charge in [-0.1, -0.05) is 18.2 Å². The van der Waals surface area contributed by atoms with Gasteiger partial charge < -0.3 is 14.2 Å². The highest BCUT2D eigenvalue weighted by atomic mass is 19.1. The van der Waals surface area contributed by atoms with Crippen molar-refractivity contribution >= 4 is 5.91 Å². The van der Waals surface area contributed by atoms with Gasteiger partial charge in [-0.25, -0.2) is 4.39 Å². The molecule has 0 radical (unpaired) electrons. The summed E-state index contributed by atoms with van der Waals surface area (Å²) in [7, 11) is 1.85. The summed E-state index contributed by atoms with van der Waals surface area (Å²) in [6.07, 6.45) is 2.95. The third-order valence-electron chi connectivity index (χ3n) is 5.37. The van der Waals surface area contributed by atoms with E-state index in [1.54, 1.807) is 11.0 Å². The van der Waals surface area contributed by atoms with Crippen molar-refractivity contribution in [2.75, 3.05) is 33.2 Å². The van der Waals surface area contributed by atoms with Gasteiger partial charge in [0.05, 0.1) is 0 Å². The lowest BCUT2D eigenvalue weighted by Crippen LogP contribution is -2.42. The van der Waals surface area contributed by atoms with Gasteiger partial charge in [-0.05, 0) is 63.3 Å². The summed E-state index contributed by atoms with van der Waals surface area (Å²) < 4.78 is 19.4. The van der Waals surface area contributed by atoms with Gasteiger partial charge >= 0.3 is 0 Å². The van der Waals surface area contributed by atoms with Gasteiger partial charge in [0.2, 0.25) is 0 Å². The quantitative estimate of drug-likeness (QED) is 0.767. The fourth-order valence-electron chi connectivity index (χ4n) is 3.98. The largest absolute Gasteiger partial charge is 0.456 e. The zero-order chi connectivity index (χ0) is 19.4. The molecule has 0 bridgehead atoms. The van der Waals surface area contributed by atoms with Gasteiger partial charge in [-0.3, -0.25) is 4.79 Å². The lowest BCUT2D eigenvalue weighted by molar-refractivity contribution is 0.0697. The van der Waals surface area contributed by atoms with Crippen molar-refractivity contribution in [1.82, 2.24) is 9.80 Å². The Balaban J connectivity index is 1.52. The Morgan fingerprint density at radius 3 is 2.81 bits per heavy atom. The predicted molar refractivity (Wildman–Crippen MR) is 104 cm³/mol. The number of amides is 1. The molecule has 0 spiro atoms. The number of hydrogen-bond donors (Lipinski definition) is 0. The molecule has 1 atom stereocenters. The molecule has 0 unspecified atom stereocenters. The second-order valence-corrected chi connectivity index (χ2v) is 7.71. The number of aryl methyl sites for hydroxylation is 2. The van der Waals surface area contributed by atoms with Crippen LogP contribution in [0.5, 0.6) is 0 Å². The van der Waals surface area contributed by atoms with E-state index in [-0.39, 0.29) is 11.7 Å². The van der Waals surface area contributed by atoms with E-state index in [0.717, 1.165) is 55.8 Å². The highest BCUT2D eigenvalue weighted by Crippen LogP contribution is 2.21. The summed E-state index contributed by atoms with van der Waals surface area (Å²) in [6, 6.07) is 8.89. The van der Waals surface area contributed by atoms with Crippen molar-refractivity contribution < 1.29 is 13.6 Å². The van der Waals surface area contributed by atoms with E-state index in [0.29, 0.717) is 18.2 Å². The molecular weight excluding hydrogens is 343 g/mol. The molecule has 2 aromatic rings. The minimum Gasteiger partial charge on any atom is -0.456 e. The van der Waals surface area contributed by atoms with E-state index >= 15 is 0 Å². The molecular formula is C22H29FN2O2. The zero-order valence-corrected chi connectivity index (χ0v) is 16.5. The lowest BCUT2D eigenvalue weighted by Gasteiger charge is -2.34. The molecule has 27 heavy (non-hydrogen) atoms. The van der Waals surface area contributed by atoms with Gasteiger partial charge in [-0.15, -0.1) is 0 Å². The Morgan fingerprint density at radius 2 is 2.11 bits per heavy atom. The molecule has 0 aliphatic carbocycles. The lowest BCUT2D eigenvalue weighted by atomic mass is 9.97. The molecule has 1 aliphatic rings. The molecule has 1 aromatic heterocycles. The average Bonchev–Trinajstić information content (AvgIpc) is 2.99. The van der Waals surface area contributed by atoms with Crippen LogP contribution in [0.4, 0.5) is 4.39 Å². The van der Waals surface area contributed by atoms with E-state index in [2.05, 4.69) is 4.90 Å². The smallest absolute Gasteiger partial charge is 0.289 e. The number of piperidine rings is 1. The Bertz CT molecular complexity index is 786. The van der Waals surface area contributed by atoms with E-state index in [4.69, 9.17) is 4.42 Å². The topological polar surface area (TPSA) is 36.7 Å². The molecule has 3 rings (SSSR count). The number of carbonyl (C=O) groups excluding carboxylic acids is 1. The van der Waals surface area contributed by atoms with Crippen LogP contribution in [0.25, 0.3) is 0 Å². The minimum absolute atomic E-state index is 0.0518. The van der Waals surface area contributed by atoms with Crippen molar-refractivity contribution in [2.24, 2.45) is 5.92 Å². The fourth-order valence-corrected chi connectivity index (χ4v) is 3.98. The second kappa shape index (κ2) is 8.70. The molecule has 1 fully saturated rings. The summed E-state index contributed by atoms with van der Waals surface area (Å²) in [4.78, 5) is 16.8.